The minimum Gasteiger partial charge on any atom is -0.497 e. The maximum Gasteiger partial charge on any atom is 0.280 e. The van der Waals surface area contributed by atoms with E-state index in [0.717, 1.165) is 14.7 Å². The Bertz CT molecular complexity index is 1550. The lowest BCUT2D eigenvalue weighted by atomic mass is 10.0. The fraction of sp³-hybridized carbons (Fsp3) is 0.0417. The molecule has 0 aliphatic carbocycles. The second-order valence-corrected chi connectivity index (χ2v) is 8.54. The second kappa shape index (κ2) is 7.93. The second-order valence-electron chi connectivity index (χ2n) is 7.19. The monoisotopic (exact) mass is 506 g/mol. The summed E-state index contributed by atoms with van der Waals surface area (Å²) in [6.07, 6.45) is 0. The SMILES string of the molecule is COc1ccc2nc(-c3ccc(Br)cc3)c3nc(-c4ccc(Cl)cc4)n(N)c(=O)c3c2c1. The Hall–Kier alpha value is -3.42. The third kappa shape index (κ3) is 3.39. The minimum atomic E-state index is -0.376. The van der Waals surface area contributed by atoms with Gasteiger partial charge in [-0.25, -0.2) is 14.6 Å². The first-order chi connectivity index (χ1) is 15.5. The lowest BCUT2D eigenvalue weighted by molar-refractivity contribution is 0.415. The summed E-state index contributed by atoms with van der Waals surface area (Å²) in [5, 5.41) is 1.59. The molecule has 3 aromatic carbocycles. The first kappa shape index (κ1) is 20.5. The topological polar surface area (TPSA) is 83.0 Å². The molecular weight excluding hydrogens is 492 g/mol. The first-order valence-corrected chi connectivity index (χ1v) is 10.8. The van der Waals surface area contributed by atoms with E-state index >= 15 is 0 Å². The average Bonchev–Trinajstić information content (AvgIpc) is 2.81. The highest BCUT2D eigenvalue weighted by atomic mass is 79.9. The smallest absolute Gasteiger partial charge is 0.280 e. The quantitative estimate of drug-likeness (QED) is 0.260. The van der Waals surface area contributed by atoms with E-state index in [1.165, 1.54) is 0 Å². The number of benzene rings is 3. The number of fused-ring (bicyclic) bond motifs is 3. The van der Waals surface area contributed by atoms with Crippen LogP contribution >= 0.6 is 27.5 Å². The van der Waals surface area contributed by atoms with Crippen LogP contribution in [0.1, 0.15) is 0 Å². The highest BCUT2D eigenvalue weighted by Gasteiger charge is 2.19. The van der Waals surface area contributed by atoms with Gasteiger partial charge >= 0.3 is 0 Å². The summed E-state index contributed by atoms with van der Waals surface area (Å²) in [6, 6.07) is 20.1. The first-order valence-electron chi connectivity index (χ1n) is 9.68. The van der Waals surface area contributed by atoms with Crippen molar-refractivity contribution in [1.82, 2.24) is 14.6 Å². The Morgan fingerprint density at radius 2 is 1.66 bits per heavy atom. The van der Waals surface area contributed by atoms with Crippen molar-refractivity contribution in [3.05, 3.63) is 86.6 Å². The molecule has 0 fully saturated rings. The van der Waals surface area contributed by atoms with Crippen LogP contribution in [0.25, 0.3) is 44.5 Å². The van der Waals surface area contributed by atoms with Gasteiger partial charge in [0.05, 0.1) is 23.7 Å². The molecule has 0 aliphatic heterocycles. The van der Waals surface area contributed by atoms with E-state index in [2.05, 4.69) is 15.9 Å². The summed E-state index contributed by atoms with van der Waals surface area (Å²) in [5.74, 6) is 7.17. The van der Waals surface area contributed by atoms with E-state index in [9.17, 15) is 4.79 Å². The van der Waals surface area contributed by atoms with Crippen molar-refractivity contribution in [2.45, 2.75) is 0 Å². The van der Waals surface area contributed by atoms with Gasteiger partial charge in [0.25, 0.3) is 5.56 Å². The number of nitrogens with zero attached hydrogens (tertiary/aromatic N) is 3. The molecule has 0 saturated heterocycles. The third-order valence-corrected chi connectivity index (χ3v) is 6.05. The van der Waals surface area contributed by atoms with Crippen LogP contribution in [0.4, 0.5) is 0 Å². The maximum atomic E-state index is 13.5. The van der Waals surface area contributed by atoms with Gasteiger partial charge in [0.2, 0.25) is 0 Å². The zero-order valence-electron chi connectivity index (χ0n) is 16.8. The lowest BCUT2D eigenvalue weighted by Gasteiger charge is -2.14. The number of hydrogen-bond donors (Lipinski definition) is 1. The molecule has 0 aliphatic rings. The molecular formula is C24H16BrClN4O2. The molecule has 8 heteroatoms. The largest absolute Gasteiger partial charge is 0.497 e. The zero-order valence-corrected chi connectivity index (χ0v) is 19.2. The zero-order chi connectivity index (χ0) is 22.4. The van der Waals surface area contributed by atoms with E-state index in [-0.39, 0.29) is 5.56 Å². The van der Waals surface area contributed by atoms with E-state index < -0.39 is 0 Å². The molecule has 32 heavy (non-hydrogen) atoms. The molecule has 0 bridgehead atoms. The van der Waals surface area contributed by atoms with E-state index in [0.29, 0.717) is 49.7 Å². The van der Waals surface area contributed by atoms with Gasteiger partial charge in [0, 0.05) is 26.0 Å². The Morgan fingerprint density at radius 1 is 0.969 bits per heavy atom. The molecule has 2 aromatic heterocycles. The Kier molecular flexibility index (Phi) is 5.07. The Morgan fingerprint density at radius 3 is 2.34 bits per heavy atom. The summed E-state index contributed by atoms with van der Waals surface area (Å²) in [7, 11) is 1.57. The lowest BCUT2D eigenvalue weighted by Crippen LogP contribution is -2.30. The molecule has 5 rings (SSSR count). The van der Waals surface area contributed by atoms with Gasteiger partial charge < -0.3 is 10.6 Å². The highest BCUT2D eigenvalue weighted by Crippen LogP contribution is 2.33. The van der Waals surface area contributed by atoms with Crippen LogP contribution in [-0.2, 0) is 0 Å². The molecule has 0 unspecified atom stereocenters. The maximum absolute atomic E-state index is 13.5. The van der Waals surface area contributed by atoms with Gasteiger partial charge in [-0.15, -0.1) is 0 Å². The van der Waals surface area contributed by atoms with Crippen LogP contribution < -0.4 is 16.1 Å². The average molecular weight is 508 g/mol. The van der Waals surface area contributed by atoms with Crippen LogP contribution in [0.2, 0.25) is 5.02 Å². The number of nitrogen functional groups attached to an aromatic ring is 1. The highest BCUT2D eigenvalue weighted by molar-refractivity contribution is 9.10. The van der Waals surface area contributed by atoms with Crippen molar-refractivity contribution < 1.29 is 4.74 Å². The fourth-order valence-corrected chi connectivity index (χ4v) is 4.06. The van der Waals surface area contributed by atoms with Gasteiger partial charge in [-0.1, -0.05) is 39.7 Å². The summed E-state index contributed by atoms with van der Waals surface area (Å²) in [6.45, 7) is 0. The fourth-order valence-electron chi connectivity index (χ4n) is 3.67. The van der Waals surface area contributed by atoms with Crippen LogP contribution in [0.5, 0.6) is 5.75 Å². The van der Waals surface area contributed by atoms with E-state index in [1.807, 2.05) is 36.4 Å². The van der Waals surface area contributed by atoms with E-state index in [1.54, 1.807) is 37.4 Å². The van der Waals surface area contributed by atoms with Crippen LogP contribution in [0.3, 0.4) is 0 Å². The minimum absolute atomic E-state index is 0.321. The van der Waals surface area contributed by atoms with Crippen molar-refractivity contribution in [3.63, 3.8) is 0 Å². The Balaban J connectivity index is 1.94. The van der Waals surface area contributed by atoms with Crippen LogP contribution in [0.15, 0.2) is 76.0 Å². The molecule has 0 atom stereocenters. The number of ether oxygens (including phenoxy) is 1. The molecule has 5 aromatic rings. The van der Waals surface area contributed by atoms with Crippen molar-refractivity contribution in [2.75, 3.05) is 13.0 Å². The summed E-state index contributed by atoms with van der Waals surface area (Å²) in [4.78, 5) is 23.2. The van der Waals surface area contributed by atoms with Crippen molar-refractivity contribution >= 4 is 49.3 Å². The number of rotatable bonds is 3. The van der Waals surface area contributed by atoms with Gasteiger partial charge in [0.15, 0.2) is 5.82 Å². The molecule has 0 amide bonds. The molecule has 0 saturated carbocycles. The molecule has 0 spiro atoms. The number of pyridine rings is 1. The summed E-state index contributed by atoms with van der Waals surface area (Å²) >= 11 is 9.49. The molecule has 0 radical (unpaired) electrons. The van der Waals surface area contributed by atoms with Crippen LogP contribution in [0, 0.1) is 0 Å². The standard InChI is InChI=1S/C24H16BrClN4O2/c1-32-17-10-11-19-18(12-17)20-22(21(28-19)13-2-6-15(25)7-3-13)29-23(30(27)24(20)31)14-4-8-16(26)9-5-14/h2-12H,27H2,1H3. The van der Waals surface area contributed by atoms with Crippen LogP contribution in [-0.4, -0.2) is 21.8 Å². The number of nitrogens with two attached hydrogens (primary N) is 1. The normalized spacial score (nSPS) is 11.2. The Labute approximate surface area is 196 Å². The summed E-state index contributed by atoms with van der Waals surface area (Å²) < 4.78 is 7.37. The molecule has 158 valence electrons. The van der Waals surface area contributed by atoms with Crippen molar-refractivity contribution in [3.8, 4) is 28.4 Å². The van der Waals surface area contributed by atoms with Gasteiger partial charge in [-0.05, 0) is 54.6 Å². The predicted molar refractivity (Wildman–Crippen MR) is 132 cm³/mol. The van der Waals surface area contributed by atoms with Crippen molar-refractivity contribution in [2.24, 2.45) is 0 Å². The number of hydrogen-bond acceptors (Lipinski definition) is 5. The predicted octanol–water partition coefficient (Wildman–Crippen LogP) is 5.42. The van der Waals surface area contributed by atoms with Gasteiger partial charge in [0.1, 0.15) is 11.3 Å². The molecule has 2 heterocycles. The molecule has 6 nitrogen and oxygen atoms in total. The number of aromatic nitrogens is 3. The number of methoxy groups -OCH3 is 1. The van der Waals surface area contributed by atoms with Gasteiger partial charge in [-0.3, -0.25) is 4.79 Å². The molecule has 2 N–H and O–H groups in total. The van der Waals surface area contributed by atoms with Crippen molar-refractivity contribution in [1.29, 1.82) is 0 Å². The van der Waals surface area contributed by atoms with Gasteiger partial charge in [-0.2, -0.15) is 0 Å². The van der Waals surface area contributed by atoms with E-state index in [4.69, 9.17) is 32.1 Å². The number of halogens is 2. The third-order valence-electron chi connectivity index (χ3n) is 5.27. The summed E-state index contributed by atoms with van der Waals surface area (Å²) in [5.41, 5.74) is 2.83.